The fourth-order valence-corrected chi connectivity index (χ4v) is 0.870. The van der Waals surface area contributed by atoms with Crippen LogP contribution < -0.4 is 15.4 Å². The highest BCUT2D eigenvalue weighted by Gasteiger charge is 2.00. The third-order valence-corrected chi connectivity index (χ3v) is 1.45. The molecule has 0 unspecified atom stereocenters. The van der Waals surface area contributed by atoms with Gasteiger partial charge >= 0.3 is 0 Å². The Hall–Kier alpha value is -1.25. The van der Waals surface area contributed by atoms with Crippen LogP contribution in [0.2, 0.25) is 0 Å². The Bertz CT molecular complexity index is 393. The van der Waals surface area contributed by atoms with Crippen molar-refractivity contribution in [2.24, 2.45) is 5.14 Å². The van der Waals surface area contributed by atoms with Crippen molar-refractivity contribution in [2.45, 2.75) is 0 Å². The Morgan fingerprint density at radius 3 is 2.77 bits per heavy atom. The van der Waals surface area contributed by atoms with Gasteiger partial charge < -0.3 is 5.43 Å². The van der Waals surface area contributed by atoms with E-state index < -0.39 is 16.2 Å². The van der Waals surface area contributed by atoms with Crippen molar-refractivity contribution in [3.8, 4) is 0 Å². The van der Waals surface area contributed by atoms with Crippen LogP contribution in [-0.4, -0.2) is 13.4 Å². The first-order valence-electron chi connectivity index (χ1n) is 3.14. The van der Waals surface area contributed by atoms with Gasteiger partial charge in [-0.25, -0.2) is 10.1 Å². The Morgan fingerprint density at radius 2 is 2.23 bits per heavy atom. The first-order chi connectivity index (χ1) is 5.97. The van der Waals surface area contributed by atoms with Gasteiger partial charge in [0.1, 0.15) is 0 Å². The lowest BCUT2D eigenvalue weighted by molar-refractivity contribution is 0.582. The van der Waals surface area contributed by atoms with Crippen molar-refractivity contribution in [2.75, 3.05) is 5.43 Å². The Morgan fingerprint density at radius 1 is 1.54 bits per heavy atom. The second-order valence-corrected chi connectivity index (χ2v) is 3.43. The van der Waals surface area contributed by atoms with Gasteiger partial charge in [0.25, 0.3) is 10.2 Å². The maximum absolute atomic E-state index is 12.4. The second kappa shape index (κ2) is 3.64. The first-order valence-corrected chi connectivity index (χ1v) is 4.69. The molecule has 0 saturated carbocycles. The number of hydrogen-bond donors (Lipinski definition) is 3. The summed E-state index contributed by atoms with van der Waals surface area (Å²) in [6.07, 6.45) is 1.18. The average molecular weight is 206 g/mol. The fraction of sp³-hybridized carbons (Fsp3) is 0. The molecular weight excluding hydrogens is 199 g/mol. The lowest BCUT2D eigenvalue weighted by Gasteiger charge is -2.04. The summed E-state index contributed by atoms with van der Waals surface area (Å²) in [7, 11) is -3.84. The smallest absolute Gasteiger partial charge is 0.291 e. The van der Waals surface area contributed by atoms with Gasteiger partial charge in [-0.15, -0.1) is 4.83 Å². The molecule has 0 saturated heterocycles. The Balaban J connectivity index is 2.65. The van der Waals surface area contributed by atoms with E-state index in [0.29, 0.717) is 0 Å². The van der Waals surface area contributed by atoms with Crippen molar-refractivity contribution in [3.05, 3.63) is 24.3 Å². The zero-order valence-corrected chi connectivity index (χ0v) is 7.18. The van der Waals surface area contributed by atoms with Gasteiger partial charge in [-0.2, -0.15) is 12.8 Å². The molecule has 1 aromatic heterocycles. The number of nitrogens with one attached hydrogen (secondary N) is 2. The monoisotopic (exact) mass is 206 g/mol. The Labute approximate surface area is 74.1 Å². The number of hydrazine groups is 1. The highest BCUT2D eigenvalue weighted by atomic mass is 32.2. The maximum atomic E-state index is 12.4. The molecule has 0 atom stereocenters. The summed E-state index contributed by atoms with van der Waals surface area (Å²) in [5, 5.41) is 4.61. The van der Waals surface area contributed by atoms with Crippen LogP contribution in [0.3, 0.4) is 0 Å². The summed E-state index contributed by atoms with van der Waals surface area (Å²) >= 11 is 0. The molecule has 0 aliphatic carbocycles. The minimum absolute atomic E-state index is 0.210. The SMILES string of the molecule is NS(=O)(=O)NNc1ccnc(F)c1. The van der Waals surface area contributed by atoms with Gasteiger partial charge in [-0.3, -0.25) is 0 Å². The quantitative estimate of drug-likeness (QED) is 0.451. The van der Waals surface area contributed by atoms with Crippen LogP contribution >= 0.6 is 0 Å². The molecule has 8 heteroatoms. The molecule has 0 bridgehead atoms. The third kappa shape index (κ3) is 3.78. The normalized spacial score (nSPS) is 11.2. The first kappa shape index (κ1) is 9.84. The number of nitrogens with two attached hydrogens (primary N) is 1. The van der Waals surface area contributed by atoms with E-state index in [9.17, 15) is 12.8 Å². The molecule has 0 aliphatic rings. The molecule has 0 aliphatic heterocycles. The van der Waals surface area contributed by atoms with E-state index in [0.717, 1.165) is 6.07 Å². The number of rotatable bonds is 3. The molecule has 72 valence electrons. The number of pyridine rings is 1. The van der Waals surface area contributed by atoms with Crippen LogP contribution in [0.4, 0.5) is 10.1 Å². The summed E-state index contributed by atoms with van der Waals surface area (Å²) in [6.45, 7) is 0. The minimum atomic E-state index is -3.84. The van der Waals surface area contributed by atoms with Crippen LogP contribution in [0.1, 0.15) is 0 Å². The number of halogens is 1. The lowest BCUT2D eigenvalue weighted by Crippen LogP contribution is -2.35. The predicted octanol–water partition coefficient (Wildman–Crippen LogP) is -0.659. The van der Waals surface area contributed by atoms with Gasteiger partial charge in [-0.05, 0) is 6.07 Å². The minimum Gasteiger partial charge on any atom is -0.307 e. The van der Waals surface area contributed by atoms with Gasteiger partial charge in [0.2, 0.25) is 5.95 Å². The van der Waals surface area contributed by atoms with Crippen LogP contribution in [0.15, 0.2) is 18.3 Å². The van der Waals surface area contributed by atoms with Crippen LogP contribution in [-0.2, 0) is 10.2 Å². The number of anilines is 1. The van der Waals surface area contributed by atoms with Crippen molar-refractivity contribution in [1.29, 1.82) is 0 Å². The molecule has 1 rings (SSSR count). The summed E-state index contributed by atoms with van der Waals surface area (Å²) in [4.78, 5) is 5.04. The highest BCUT2D eigenvalue weighted by Crippen LogP contribution is 2.04. The molecule has 1 heterocycles. The molecular formula is C5H7FN4O2S. The van der Waals surface area contributed by atoms with Crippen molar-refractivity contribution < 1.29 is 12.8 Å². The lowest BCUT2D eigenvalue weighted by atomic mass is 10.4. The third-order valence-electron chi connectivity index (χ3n) is 1.06. The van der Waals surface area contributed by atoms with E-state index in [-0.39, 0.29) is 5.69 Å². The van der Waals surface area contributed by atoms with E-state index in [2.05, 4.69) is 15.5 Å². The number of hydrogen-bond acceptors (Lipinski definition) is 4. The standard InChI is InChI=1S/C5H7FN4O2S/c6-5-3-4(1-2-8-5)9-10-13(7,11)12/h1-3,10H,(H,8,9)(H2,7,11,12). The second-order valence-electron chi connectivity index (χ2n) is 2.14. The van der Waals surface area contributed by atoms with E-state index in [4.69, 9.17) is 0 Å². The summed E-state index contributed by atoms with van der Waals surface area (Å²) < 4.78 is 33.2. The molecule has 0 aromatic carbocycles. The molecule has 0 amide bonds. The summed E-state index contributed by atoms with van der Waals surface area (Å²) in [5.74, 6) is -0.721. The Kier molecular flexibility index (Phi) is 2.76. The molecule has 4 N–H and O–H groups in total. The highest BCUT2D eigenvalue weighted by molar-refractivity contribution is 7.87. The largest absolute Gasteiger partial charge is 0.307 e. The van der Waals surface area contributed by atoms with E-state index in [1.165, 1.54) is 12.3 Å². The zero-order chi connectivity index (χ0) is 9.90. The summed E-state index contributed by atoms with van der Waals surface area (Å²) in [6, 6.07) is 2.39. The van der Waals surface area contributed by atoms with Crippen molar-refractivity contribution >= 4 is 15.9 Å². The molecule has 13 heavy (non-hydrogen) atoms. The zero-order valence-electron chi connectivity index (χ0n) is 6.36. The van der Waals surface area contributed by atoms with Crippen LogP contribution in [0.25, 0.3) is 0 Å². The van der Waals surface area contributed by atoms with Crippen LogP contribution in [0.5, 0.6) is 0 Å². The summed E-state index contributed by atoms with van der Waals surface area (Å²) in [5.41, 5.74) is 2.39. The predicted molar refractivity (Wildman–Crippen MR) is 44.1 cm³/mol. The van der Waals surface area contributed by atoms with Crippen LogP contribution in [0, 0.1) is 5.95 Å². The van der Waals surface area contributed by atoms with Gasteiger partial charge in [0.05, 0.1) is 5.69 Å². The van der Waals surface area contributed by atoms with E-state index in [1.807, 2.05) is 0 Å². The molecule has 0 radical (unpaired) electrons. The maximum Gasteiger partial charge on any atom is 0.291 e. The van der Waals surface area contributed by atoms with E-state index >= 15 is 0 Å². The van der Waals surface area contributed by atoms with Gasteiger partial charge in [0.15, 0.2) is 0 Å². The topological polar surface area (TPSA) is 97.1 Å². The van der Waals surface area contributed by atoms with Gasteiger partial charge in [0, 0.05) is 12.3 Å². The average Bonchev–Trinajstić information content (AvgIpc) is 2.00. The van der Waals surface area contributed by atoms with E-state index in [1.54, 1.807) is 4.83 Å². The molecule has 1 aromatic rings. The molecule has 0 fully saturated rings. The molecule has 6 nitrogen and oxygen atoms in total. The van der Waals surface area contributed by atoms with Gasteiger partial charge in [-0.1, -0.05) is 0 Å². The number of aromatic nitrogens is 1. The number of nitrogens with zero attached hydrogens (tertiary/aromatic N) is 1. The molecule has 0 spiro atoms. The fourth-order valence-electron chi connectivity index (χ4n) is 0.610. The van der Waals surface area contributed by atoms with Crippen molar-refractivity contribution in [3.63, 3.8) is 0 Å². The van der Waals surface area contributed by atoms with Crippen molar-refractivity contribution in [1.82, 2.24) is 9.82 Å².